The molecule has 0 heterocycles. The number of rotatable bonds is 5. The molecule has 0 bridgehead atoms. The van der Waals surface area contributed by atoms with Gasteiger partial charge in [0, 0.05) is 23.7 Å². The zero-order valence-corrected chi connectivity index (χ0v) is 13.5. The molecule has 0 aliphatic carbocycles. The second-order valence-electron chi connectivity index (χ2n) is 5.05. The van der Waals surface area contributed by atoms with Crippen LogP contribution in [0.2, 0.25) is 5.02 Å². The van der Waals surface area contributed by atoms with E-state index >= 15 is 0 Å². The topological polar surface area (TPSA) is 40.5 Å². The van der Waals surface area contributed by atoms with E-state index in [0.717, 1.165) is 11.1 Å². The highest BCUT2D eigenvalue weighted by Crippen LogP contribution is 2.23. The molecule has 0 spiro atoms. The molecular weight excluding hydrogens is 298 g/mol. The van der Waals surface area contributed by atoms with E-state index in [-0.39, 0.29) is 5.91 Å². The van der Waals surface area contributed by atoms with Crippen molar-refractivity contribution in [3.05, 3.63) is 70.2 Å². The molecule has 0 aliphatic heterocycles. The molecule has 116 valence electrons. The third kappa shape index (κ3) is 3.67. The van der Waals surface area contributed by atoms with Gasteiger partial charge in [-0.3, -0.25) is 4.79 Å². The molecule has 0 saturated carbocycles. The number of halogens is 1. The third-order valence-corrected chi connectivity index (χ3v) is 3.96. The Morgan fingerprint density at radius 1 is 1.00 bits per heavy atom. The molecule has 1 amide bonds. The van der Waals surface area contributed by atoms with Gasteiger partial charge in [0.25, 0.3) is 5.91 Å². The SMILES string of the molecule is CCN(CC)C(=O)c1ccc([C@H](O)c2ccc(Cl)cc2)cc1. The summed E-state index contributed by atoms with van der Waals surface area (Å²) in [4.78, 5) is 14.0. The van der Waals surface area contributed by atoms with Crippen LogP contribution < -0.4 is 0 Å². The maximum absolute atomic E-state index is 12.2. The van der Waals surface area contributed by atoms with Crippen LogP contribution in [0, 0.1) is 0 Å². The van der Waals surface area contributed by atoms with Gasteiger partial charge < -0.3 is 10.0 Å². The molecule has 0 aromatic heterocycles. The van der Waals surface area contributed by atoms with E-state index in [4.69, 9.17) is 11.6 Å². The van der Waals surface area contributed by atoms with E-state index < -0.39 is 6.10 Å². The lowest BCUT2D eigenvalue weighted by Gasteiger charge is -2.19. The van der Waals surface area contributed by atoms with E-state index in [1.54, 1.807) is 53.4 Å². The molecule has 2 aromatic carbocycles. The minimum absolute atomic E-state index is 0.0116. The van der Waals surface area contributed by atoms with E-state index in [0.29, 0.717) is 23.7 Å². The van der Waals surface area contributed by atoms with Crippen molar-refractivity contribution in [3.63, 3.8) is 0 Å². The van der Waals surface area contributed by atoms with Gasteiger partial charge in [-0.1, -0.05) is 35.9 Å². The lowest BCUT2D eigenvalue weighted by Crippen LogP contribution is -2.30. The van der Waals surface area contributed by atoms with Crippen LogP contribution in [-0.2, 0) is 0 Å². The number of hydrogen-bond acceptors (Lipinski definition) is 2. The predicted octanol–water partition coefficient (Wildman–Crippen LogP) is 3.90. The van der Waals surface area contributed by atoms with Gasteiger partial charge in [0.1, 0.15) is 6.10 Å². The van der Waals surface area contributed by atoms with Crippen molar-refractivity contribution in [2.45, 2.75) is 20.0 Å². The highest BCUT2D eigenvalue weighted by Gasteiger charge is 2.14. The quantitative estimate of drug-likeness (QED) is 0.908. The highest BCUT2D eigenvalue weighted by molar-refractivity contribution is 6.30. The lowest BCUT2D eigenvalue weighted by atomic mass is 10.00. The predicted molar refractivity (Wildman–Crippen MR) is 89.2 cm³/mol. The molecule has 0 saturated heterocycles. The van der Waals surface area contributed by atoms with Crippen LogP contribution in [-0.4, -0.2) is 29.0 Å². The summed E-state index contributed by atoms with van der Waals surface area (Å²) in [5, 5.41) is 11.0. The number of nitrogens with zero attached hydrogens (tertiary/aromatic N) is 1. The second-order valence-corrected chi connectivity index (χ2v) is 5.49. The summed E-state index contributed by atoms with van der Waals surface area (Å²) < 4.78 is 0. The number of aliphatic hydroxyl groups excluding tert-OH is 1. The van der Waals surface area contributed by atoms with Crippen molar-refractivity contribution in [2.24, 2.45) is 0 Å². The van der Waals surface area contributed by atoms with E-state index in [1.807, 2.05) is 13.8 Å². The van der Waals surface area contributed by atoms with Gasteiger partial charge in [0.2, 0.25) is 0 Å². The Bertz CT molecular complexity index is 619. The molecule has 3 nitrogen and oxygen atoms in total. The van der Waals surface area contributed by atoms with Crippen molar-refractivity contribution in [1.29, 1.82) is 0 Å². The number of benzene rings is 2. The van der Waals surface area contributed by atoms with Crippen molar-refractivity contribution < 1.29 is 9.90 Å². The molecule has 0 radical (unpaired) electrons. The van der Waals surface area contributed by atoms with Crippen molar-refractivity contribution >= 4 is 17.5 Å². The Morgan fingerprint density at radius 3 is 1.91 bits per heavy atom. The molecule has 22 heavy (non-hydrogen) atoms. The Kier molecular flexibility index (Phi) is 5.58. The molecule has 0 aliphatic rings. The minimum atomic E-state index is -0.727. The normalized spacial score (nSPS) is 12.0. The Labute approximate surface area is 136 Å². The van der Waals surface area contributed by atoms with Crippen molar-refractivity contribution in [3.8, 4) is 0 Å². The van der Waals surface area contributed by atoms with Gasteiger partial charge in [0.05, 0.1) is 0 Å². The smallest absolute Gasteiger partial charge is 0.253 e. The zero-order valence-electron chi connectivity index (χ0n) is 12.8. The maximum atomic E-state index is 12.2. The van der Waals surface area contributed by atoms with Gasteiger partial charge in [-0.25, -0.2) is 0 Å². The van der Waals surface area contributed by atoms with Gasteiger partial charge in [-0.05, 0) is 49.2 Å². The summed E-state index contributed by atoms with van der Waals surface area (Å²) in [6.45, 7) is 5.29. The number of aliphatic hydroxyl groups is 1. The van der Waals surface area contributed by atoms with Crippen LogP contribution in [0.3, 0.4) is 0 Å². The average molecular weight is 318 g/mol. The maximum Gasteiger partial charge on any atom is 0.253 e. The van der Waals surface area contributed by atoms with Crippen LogP contribution >= 0.6 is 11.6 Å². The first kappa shape index (κ1) is 16.5. The standard InChI is InChI=1S/C18H20ClNO2/c1-3-20(4-2)18(22)15-7-5-13(6-8-15)17(21)14-9-11-16(19)12-10-14/h5-12,17,21H,3-4H2,1-2H3/t17-/m0/s1. The Balaban J connectivity index is 2.17. The summed E-state index contributed by atoms with van der Waals surface area (Å²) in [5.41, 5.74) is 2.15. The first-order valence-corrected chi connectivity index (χ1v) is 7.77. The number of carbonyl (C=O) groups is 1. The Hall–Kier alpha value is -1.84. The van der Waals surface area contributed by atoms with Crippen LogP contribution in [0.5, 0.6) is 0 Å². The largest absolute Gasteiger partial charge is 0.384 e. The van der Waals surface area contributed by atoms with Crippen LogP contribution in [0.25, 0.3) is 0 Å². The molecule has 1 atom stereocenters. The van der Waals surface area contributed by atoms with Gasteiger partial charge in [-0.2, -0.15) is 0 Å². The zero-order chi connectivity index (χ0) is 16.1. The number of carbonyl (C=O) groups excluding carboxylic acids is 1. The van der Waals surface area contributed by atoms with E-state index in [9.17, 15) is 9.90 Å². The molecule has 4 heteroatoms. The first-order chi connectivity index (χ1) is 10.6. The summed E-state index contributed by atoms with van der Waals surface area (Å²) in [7, 11) is 0. The fourth-order valence-electron chi connectivity index (χ4n) is 2.34. The summed E-state index contributed by atoms with van der Waals surface area (Å²) in [6, 6.07) is 14.2. The monoisotopic (exact) mass is 317 g/mol. The number of hydrogen-bond donors (Lipinski definition) is 1. The first-order valence-electron chi connectivity index (χ1n) is 7.39. The van der Waals surface area contributed by atoms with Crippen molar-refractivity contribution in [1.82, 2.24) is 4.90 Å². The summed E-state index contributed by atoms with van der Waals surface area (Å²) >= 11 is 5.85. The van der Waals surface area contributed by atoms with Gasteiger partial charge in [-0.15, -0.1) is 0 Å². The van der Waals surface area contributed by atoms with Crippen LogP contribution in [0.15, 0.2) is 48.5 Å². The molecule has 2 aromatic rings. The minimum Gasteiger partial charge on any atom is -0.384 e. The van der Waals surface area contributed by atoms with E-state index in [2.05, 4.69) is 0 Å². The average Bonchev–Trinajstić information content (AvgIpc) is 2.56. The van der Waals surface area contributed by atoms with Gasteiger partial charge in [0.15, 0.2) is 0 Å². The molecule has 2 rings (SSSR count). The van der Waals surface area contributed by atoms with E-state index in [1.165, 1.54) is 0 Å². The molecular formula is C18H20ClNO2. The van der Waals surface area contributed by atoms with Crippen molar-refractivity contribution in [2.75, 3.05) is 13.1 Å². The van der Waals surface area contributed by atoms with Gasteiger partial charge >= 0.3 is 0 Å². The third-order valence-electron chi connectivity index (χ3n) is 3.71. The molecule has 0 fully saturated rings. The summed E-state index contributed by atoms with van der Waals surface area (Å²) in [6.07, 6.45) is -0.727. The fourth-order valence-corrected chi connectivity index (χ4v) is 2.46. The summed E-state index contributed by atoms with van der Waals surface area (Å²) in [5.74, 6) is 0.0116. The molecule has 1 N–H and O–H groups in total. The number of amides is 1. The van der Waals surface area contributed by atoms with Crippen LogP contribution in [0.4, 0.5) is 0 Å². The Morgan fingerprint density at radius 2 is 1.45 bits per heavy atom. The fraction of sp³-hybridized carbons (Fsp3) is 0.278. The highest BCUT2D eigenvalue weighted by atomic mass is 35.5. The second kappa shape index (κ2) is 7.43. The van der Waals surface area contributed by atoms with Crippen LogP contribution in [0.1, 0.15) is 41.4 Å². The lowest BCUT2D eigenvalue weighted by molar-refractivity contribution is 0.0773. The molecule has 0 unspecified atom stereocenters.